The van der Waals surface area contributed by atoms with E-state index in [0.29, 0.717) is 19.3 Å². The van der Waals surface area contributed by atoms with Gasteiger partial charge in [0.1, 0.15) is 13.2 Å². The van der Waals surface area contributed by atoms with Crippen molar-refractivity contribution in [3.8, 4) is 0 Å². The smallest absolute Gasteiger partial charge is 0.306 e. The van der Waals surface area contributed by atoms with Crippen molar-refractivity contribution in [3.63, 3.8) is 0 Å². The molecule has 0 heterocycles. The molecular formula is C52H100O6. The van der Waals surface area contributed by atoms with Gasteiger partial charge in [0.25, 0.3) is 0 Å². The van der Waals surface area contributed by atoms with Crippen molar-refractivity contribution in [2.24, 2.45) is 11.8 Å². The predicted octanol–water partition coefficient (Wildman–Crippen LogP) is 16.5. The summed E-state index contributed by atoms with van der Waals surface area (Å²) in [6, 6.07) is 0. The number of rotatable bonds is 46. The van der Waals surface area contributed by atoms with E-state index in [1.54, 1.807) is 0 Å². The zero-order chi connectivity index (χ0) is 42.6. The molecular weight excluding hydrogens is 721 g/mol. The van der Waals surface area contributed by atoms with Gasteiger partial charge in [-0.05, 0) is 31.1 Å². The molecule has 1 unspecified atom stereocenters. The van der Waals surface area contributed by atoms with Crippen molar-refractivity contribution in [1.82, 2.24) is 0 Å². The van der Waals surface area contributed by atoms with E-state index in [0.717, 1.165) is 69.6 Å². The summed E-state index contributed by atoms with van der Waals surface area (Å²) < 4.78 is 16.8. The maximum Gasteiger partial charge on any atom is 0.306 e. The normalized spacial score (nSPS) is 12.5. The standard InChI is InChI=1S/C52H100O6/c1-6-8-9-10-11-20-27-32-37-42-50(53)56-45-49(58-52(55)44-39-34-29-24-19-18-22-26-31-36-41-48(5)7-2)46-57-51(54)43-38-33-28-23-17-15-13-12-14-16-21-25-30-35-40-47(3)4/h47-49H,6-46H2,1-5H3/t48?,49-/m0/s1. The van der Waals surface area contributed by atoms with Crippen molar-refractivity contribution in [2.45, 2.75) is 291 Å². The third kappa shape index (κ3) is 44.0. The van der Waals surface area contributed by atoms with Crippen LogP contribution in [0.3, 0.4) is 0 Å². The highest BCUT2D eigenvalue weighted by atomic mass is 16.6. The first-order valence-electron chi connectivity index (χ1n) is 25.8. The highest BCUT2D eigenvalue weighted by Gasteiger charge is 2.19. The zero-order valence-corrected chi connectivity index (χ0v) is 39.7. The quantitative estimate of drug-likeness (QED) is 0.0346. The van der Waals surface area contributed by atoms with Crippen molar-refractivity contribution in [1.29, 1.82) is 0 Å². The number of esters is 3. The lowest BCUT2D eigenvalue weighted by Gasteiger charge is -2.18. The molecule has 0 radical (unpaired) electrons. The van der Waals surface area contributed by atoms with Crippen LogP contribution in [0.4, 0.5) is 0 Å². The first kappa shape index (κ1) is 56.4. The Kier molecular flexibility index (Phi) is 43.7. The van der Waals surface area contributed by atoms with Crippen LogP contribution in [0, 0.1) is 11.8 Å². The van der Waals surface area contributed by atoms with Gasteiger partial charge in [-0.2, -0.15) is 0 Å². The number of unbranched alkanes of at least 4 members (excludes halogenated alkanes) is 30. The van der Waals surface area contributed by atoms with Gasteiger partial charge in [0.05, 0.1) is 0 Å². The summed E-state index contributed by atoms with van der Waals surface area (Å²) in [5, 5.41) is 0. The van der Waals surface area contributed by atoms with Crippen molar-refractivity contribution < 1.29 is 28.6 Å². The van der Waals surface area contributed by atoms with Gasteiger partial charge in [-0.15, -0.1) is 0 Å². The largest absolute Gasteiger partial charge is 0.462 e. The van der Waals surface area contributed by atoms with Crippen LogP contribution < -0.4 is 0 Å². The van der Waals surface area contributed by atoms with Gasteiger partial charge in [-0.1, -0.05) is 247 Å². The van der Waals surface area contributed by atoms with E-state index < -0.39 is 6.10 Å². The third-order valence-electron chi connectivity index (χ3n) is 12.1. The second kappa shape index (κ2) is 44.9. The second-order valence-electron chi connectivity index (χ2n) is 18.5. The summed E-state index contributed by atoms with van der Waals surface area (Å²) in [4.78, 5) is 37.9. The lowest BCUT2D eigenvalue weighted by Crippen LogP contribution is -2.30. The van der Waals surface area contributed by atoms with Gasteiger partial charge >= 0.3 is 17.9 Å². The highest BCUT2D eigenvalue weighted by Crippen LogP contribution is 2.18. The molecule has 6 nitrogen and oxygen atoms in total. The van der Waals surface area contributed by atoms with Crippen LogP contribution in [0.5, 0.6) is 0 Å². The molecule has 0 aliphatic heterocycles. The van der Waals surface area contributed by atoms with Gasteiger partial charge in [0.2, 0.25) is 0 Å². The fourth-order valence-electron chi connectivity index (χ4n) is 7.78. The fraction of sp³-hybridized carbons (Fsp3) is 0.942. The average Bonchev–Trinajstić information content (AvgIpc) is 3.21. The van der Waals surface area contributed by atoms with E-state index in [2.05, 4.69) is 34.6 Å². The molecule has 0 aromatic carbocycles. The zero-order valence-electron chi connectivity index (χ0n) is 39.7. The van der Waals surface area contributed by atoms with E-state index in [4.69, 9.17) is 14.2 Å². The minimum absolute atomic E-state index is 0.0638. The molecule has 0 fully saturated rings. The lowest BCUT2D eigenvalue weighted by atomic mass is 9.99. The Hall–Kier alpha value is -1.59. The molecule has 0 spiro atoms. The molecule has 0 aliphatic rings. The molecule has 6 heteroatoms. The van der Waals surface area contributed by atoms with Crippen LogP contribution in [0.1, 0.15) is 285 Å². The molecule has 0 aliphatic carbocycles. The molecule has 0 aromatic rings. The Morgan fingerprint density at radius 1 is 0.362 bits per heavy atom. The summed E-state index contributed by atoms with van der Waals surface area (Å²) in [6.45, 7) is 11.4. The van der Waals surface area contributed by atoms with Crippen molar-refractivity contribution >= 4 is 17.9 Å². The van der Waals surface area contributed by atoms with Gasteiger partial charge in [0, 0.05) is 19.3 Å². The van der Waals surface area contributed by atoms with Gasteiger partial charge in [-0.25, -0.2) is 0 Å². The lowest BCUT2D eigenvalue weighted by molar-refractivity contribution is -0.167. The number of carbonyl (C=O) groups is 3. The van der Waals surface area contributed by atoms with Gasteiger partial charge in [0.15, 0.2) is 6.10 Å². The predicted molar refractivity (Wildman–Crippen MR) is 247 cm³/mol. The first-order chi connectivity index (χ1) is 28.3. The van der Waals surface area contributed by atoms with E-state index in [-0.39, 0.29) is 31.1 Å². The summed E-state index contributed by atoms with van der Waals surface area (Å²) in [7, 11) is 0. The summed E-state index contributed by atoms with van der Waals surface area (Å²) >= 11 is 0. The molecule has 0 bridgehead atoms. The maximum atomic E-state index is 12.8. The Balaban J connectivity index is 4.26. The van der Waals surface area contributed by atoms with Gasteiger partial charge < -0.3 is 14.2 Å². The molecule has 58 heavy (non-hydrogen) atoms. The molecule has 2 atom stereocenters. The minimum Gasteiger partial charge on any atom is -0.462 e. The Bertz CT molecular complexity index is 887. The average molecular weight is 821 g/mol. The van der Waals surface area contributed by atoms with Crippen LogP contribution in [0.15, 0.2) is 0 Å². The Morgan fingerprint density at radius 2 is 0.655 bits per heavy atom. The molecule has 0 N–H and O–H groups in total. The maximum absolute atomic E-state index is 12.8. The number of carbonyl (C=O) groups excluding carboxylic acids is 3. The topological polar surface area (TPSA) is 78.9 Å². The Labute approximate surface area is 361 Å². The van der Waals surface area contributed by atoms with Crippen LogP contribution in [-0.2, 0) is 28.6 Å². The van der Waals surface area contributed by atoms with E-state index >= 15 is 0 Å². The number of hydrogen-bond acceptors (Lipinski definition) is 6. The molecule has 0 saturated carbocycles. The highest BCUT2D eigenvalue weighted by molar-refractivity contribution is 5.71. The molecule has 0 aromatic heterocycles. The van der Waals surface area contributed by atoms with Gasteiger partial charge in [-0.3, -0.25) is 14.4 Å². The molecule has 0 amide bonds. The number of ether oxygens (including phenoxy) is 3. The minimum atomic E-state index is -0.761. The SMILES string of the molecule is CCCCCCCCCCCC(=O)OC[C@@H](COC(=O)CCCCCCCCCCCCCCCCC(C)C)OC(=O)CCCCCCCCCCCCC(C)CC. The van der Waals surface area contributed by atoms with E-state index in [1.165, 1.54) is 173 Å². The monoisotopic (exact) mass is 821 g/mol. The summed E-state index contributed by atoms with van der Waals surface area (Å²) in [5.41, 5.74) is 0. The third-order valence-corrected chi connectivity index (χ3v) is 12.1. The summed E-state index contributed by atoms with van der Waals surface area (Å²) in [5.74, 6) is 0.861. The molecule has 344 valence electrons. The second-order valence-corrected chi connectivity index (χ2v) is 18.5. The van der Waals surface area contributed by atoms with Crippen LogP contribution in [0.2, 0.25) is 0 Å². The Morgan fingerprint density at radius 3 is 0.983 bits per heavy atom. The molecule has 0 saturated heterocycles. The fourth-order valence-corrected chi connectivity index (χ4v) is 7.78. The van der Waals surface area contributed by atoms with Crippen molar-refractivity contribution in [3.05, 3.63) is 0 Å². The van der Waals surface area contributed by atoms with E-state index in [9.17, 15) is 14.4 Å². The van der Waals surface area contributed by atoms with Crippen LogP contribution in [-0.4, -0.2) is 37.2 Å². The first-order valence-corrected chi connectivity index (χ1v) is 25.8. The van der Waals surface area contributed by atoms with Crippen LogP contribution >= 0.6 is 0 Å². The van der Waals surface area contributed by atoms with Crippen LogP contribution in [0.25, 0.3) is 0 Å². The van der Waals surface area contributed by atoms with Crippen molar-refractivity contribution in [2.75, 3.05) is 13.2 Å². The number of hydrogen-bond donors (Lipinski definition) is 0. The van der Waals surface area contributed by atoms with E-state index in [1.807, 2.05) is 0 Å². The summed E-state index contributed by atoms with van der Waals surface area (Å²) in [6.07, 6.45) is 45.1. The molecule has 0 rings (SSSR count).